The molecule has 1 aromatic carbocycles. The quantitative estimate of drug-likeness (QED) is 0.367. The van der Waals surface area contributed by atoms with Gasteiger partial charge in [0, 0.05) is 56.6 Å². The predicted molar refractivity (Wildman–Crippen MR) is 160 cm³/mol. The summed E-state index contributed by atoms with van der Waals surface area (Å²) in [6, 6.07) is 10.2. The zero-order valence-electron chi connectivity index (χ0n) is 24.0. The molecular formula is C30H36N8O4. The SMILES string of the molecule is C=CC(=O)Nc1cc(Nc2cc(N3OCC[C@@H]3c3ccc(C)nc3)ncn2)c(OC)cc1N1CCN(C2COC2)CC1. The van der Waals surface area contributed by atoms with Gasteiger partial charge in [0.05, 0.1) is 56.1 Å². The van der Waals surface area contributed by atoms with Crippen LogP contribution in [0.3, 0.4) is 0 Å². The van der Waals surface area contributed by atoms with Gasteiger partial charge in [-0.05, 0) is 30.7 Å². The number of anilines is 5. The van der Waals surface area contributed by atoms with E-state index in [1.807, 2.05) is 42.4 Å². The summed E-state index contributed by atoms with van der Waals surface area (Å²) >= 11 is 0. The Bertz CT molecular complexity index is 1420. The highest BCUT2D eigenvalue weighted by Gasteiger charge is 2.31. The lowest BCUT2D eigenvalue weighted by Gasteiger charge is -2.43. The molecule has 12 nitrogen and oxygen atoms in total. The molecule has 42 heavy (non-hydrogen) atoms. The highest BCUT2D eigenvalue weighted by molar-refractivity contribution is 6.02. The van der Waals surface area contributed by atoms with E-state index in [0.717, 1.165) is 62.8 Å². The molecule has 3 aromatic rings. The van der Waals surface area contributed by atoms with E-state index in [0.29, 0.717) is 41.4 Å². The smallest absolute Gasteiger partial charge is 0.247 e. The minimum Gasteiger partial charge on any atom is -0.494 e. The second kappa shape index (κ2) is 12.3. The molecule has 3 aliphatic heterocycles. The van der Waals surface area contributed by atoms with Crippen molar-refractivity contribution < 1.29 is 19.1 Å². The lowest BCUT2D eigenvalue weighted by atomic mass is 10.1. The lowest BCUT2D eigenvalue weighted by molar-refractivity contribution is -0.111. The number of hydrogen-bond acceptors (Lipinski definition) is 11. The molecule has 2 aromatic heterocycles. The van der Waals surface area contributed by atoms with E-state index in [9.17, 15) is 4.79 Å². The molecule has 3 aliphatic rings. The fraction of sp³-hybridized carbons (Fsp3) is 0.400. The number of ether oxygens (including phenoxy) is 2. The van der Waals surface area contributed by atoms with Crippen molar-refractivity contribution in [2.75, 3.05) is 73.7 Å². The summed E-state index contributed by atoms with van der Waals surface area (Å²) in [5, 5.41) is 8.15. The molecule has 1 atom stereocenters. The van der Waals surface area contributed by atoms with E-state index in [1.54, 1.807) is 7.11 Å². The van der Waals surface area contributed by atoms with E-state index in [2.05, 4.69) is 48.0 Å². The number of pyridine rings is 1. The van der Waals surface area contributed by atoms with Gasteiger partial charge < -0.3 is 25.0 Å². The van der Waals surface area contributed by atoms with Crippen molar-refractivity contribution in [3.63, 3.8) is 0 Å². The Morgan fingerprint density at radius 2 is 1.93 bits per heavy atom. The van der Waals surface area contributed by atoms with E-state index in [-0.39, 0.29) is 11.9 Å². The van der Waals surface area contributed by atoms with E-state index in [4.69, 9.17) is 14.3 Å². The maximum absolute atomic E-state index is 12.4. The number of piperazine rings is 1. The standard InChI is InChI=1S/C30H36N8O4/c1-4-30(39)35-23-13-24(27(40-3)14-26(23)37-10-8-36(9-11-37)22-17-41-18-22)34-28-15-29(33-19-32-28)38-25(7-12-42-38)21-6-5-20(2)31-16-21/h4-6,13-16,19,22,25H,1,7-12,17-18H2,2-3H3,(H,35,39)(H,32,33,34)/t25-/m1/s1. The molecule has 220 valence electrons. The molecule has 3 fully saturated rings. The largest absolute Gasteiger partial charge is 0.494 e. The summed E-state index contributed by atoms with van der Waals surface area (Å²) in [7, 11) is 1.63. The highest BCUT2D eigenvalue weighted by atomic mass is 16.7. The fourth-order valence-electron chi connectivity index (χ4n) is 5.49. The van der Waals surface area contributed by atoms with Crippen molar-refractivity contribution in [3.8, 4) is 5.75 Å². The van der Waals surface area contributed by atoms with E-state index in [1.165, 1.54) is 12.4 Å². The number of nitrogens with zero attached hydrogens (tertiary/aromatic N) is 6. The monoisotopic (exact) mass is 572 g/mol. The Balaban J connectivity index is 1.25. The van der Waals surface area contributed by atoms with Crippen LogP contribution in [0.5, 0.6) is 5.75 Å². The summed E-state index contributed by atoms with van der Waals surface area (Å²) in [6.07, 6.45) is 5.47. The van der Waals surface area contributed by atoms with Gasteiger partial charge in [0.15, 0.2) is 5.82 Å². The van der Waals surface area contributed by atoms with Crippen LogP contribution in [0, 0.1) is 6.92 Å². The molecule has 1 amide bonds. The normalized spacial score (nSPS) is 19.3. The Labute approximate surface area is 245 Å². The van der Waals surface area contributed by atoms with Gasteiger partial charge in [-0.15, -0.1) is 0 Å². The van der Waals surface area contributed by atoms with Gasteiger partial charge >= 0.3 is 0 Å². The van der Waals surface area contributed by atoms with Gasteiger partial charge in [0.1, 0.15) is 17.9 Å². The molecule has 0 spiro atoms. The van der Waals surface area contributed by atoms with Crippen LogP contribution < -0.4 is 25.3 Å². The fourth-order valence-corrected chi connectivity index (χ4v) is 5.49. The molecule has 0 unspecified atom stereocenters. The van der Waals surface area contributed by atoms with Crippen LogP contribution in [0.2, 0.25) is 0 Å². The number of carbonyl (C=O) groups is 1. The number of carbonyl (C=O) groups excluding carboxylic acids is 1. The lowest BCUT2D eigenvalue weighted by Crippen LogP contribution is -2.56. The number of methoxy groups -OCH3 is 1. The van der Waals surface area contributed by atoms with Crippen molar-refractivity contribution in [1.82, 2.24) is 19.9 Å². The molecule has 0 saturated carbocycles. The Morgan fingerprint density at radius 1 is 1.10 bits per heavy atom. The number of hydrogen-bond donors (Lipinski definition) is 2. The first-order chi connectivity index (χ1) is 20.5. The van der Waals surface area contributed by atoms with Gasteiger partial charge in [-0.3, -0.25) is 19.5 Å². The van der Waals surface area contributed by atoms with Gasteiger partial charge in [0.2, 0.25) is 5.91 Å². The molecule has 3 saturated heterocycles. The minimum atomic E-state index is -0.287. The molecule has 2 N–H and O–H groups in total. The van der Waals surface area contributed by atoms with Crippen molar-refractivity contribution >= 4 is 34.6 Å². The summed E-state index contributed by atoms with van der Waals surface area (Å²) in [6.45, 7) is 11.3. The molecule has 6 rings (SSSR count). The molecule has 0 aliphatic carbocycles. The van der Waals surface area contributed by atoms with Gasteiger partial charge in [0.25, 0.3) is 0 Å². The second-order valence-corrected chi connectivity index (χ2v) is 10.6. The number of amides is 1. The number of aromatic nitrogens is 3. The second-order valence-electron chi connectivity index (χ2n) is 10.6. The van der Waals surface area contributed by atoms with Crippen molar-refractivity contribution in [2.45, 2.75) is 25.4 Å². The van der Waals surface area contributed by atoms with Crippen LogP contribution in [0.15, 0.2) is 55.5 Å². The maximum Gasteiger partial charge on any atom is 0.247 e. The Hall–Kier alpha value is -4.26. The predicted octanol–water partition coefficient (Wildman–Crippen LogP) is 3.46. The molecule has 0 bridgehead atoms. The number of benzene rings is 1. The van der Waals surface area contributed by atoms with Crippen molar-refractivity contribution in [3.05, 3.63) is 66.8 Å². The third kappa shape index (κ3) is 5.87. The van der Waals surface area contributed by atoms with E-state index < -0.39 is 0 Å². The van der Waals surface area contributed by atoms with Crippen LogP contribution in [0.1, 0.15) is 23.7 Å². The Morgan fingerprint density at radius 3 is 2.62 bits per heavy atom. The topological polar surface area (TPSA) is 117 Å². The highest BCUT2D eigenvalue weighted by Crippen LogP contribution is 2.40. The number of aryl methyl sites for hydroxylation is 1. The summed E-state index contributed by atoms with van der Waals surface area (Å²) < 4.78 is 11.2. The first kappa shape index (κ1) is 27.9. The number of nitrogens with one attached hydrogen (secondary N) is 2. The third-order valence-electron chi connectivity index (χ3n) is 7.92. The molecule has 12 heteroatoms. The van der Waals surface area contributed by atoms with Crippen LogP contribution in [0.25, 0.3) is 0 Å². The average Bonchev–Trinajstić information content (AvgIpc) is 3.48. The Kier molecular flexibility index (Phi) is 8.17. The first-order valence-electron chi connectivity index (χ1n) is 14.2. The van der Waals surface area contributed by atoms with Crippen LogP contribution in [-0.4, -0.2) is 84.9 Å². The first-order valence-corrected chi connectivity index (χ1v) is 14.2. The van der Waals surface area contributed by atoms with E-state index >= 15 is 0 Å². The van der Waals surface area contributed by atoms with Crippen LogP contribution >= 0.6 is 0 Å². The van der Waals surface area contributed by atoms with Gasteiger partial charge in [-0.1, -0.05) is 12.6 Å². The summed E-state index contributed by atoms with van der Waals surface area (Å²) in [5.41, 5.74) is 4.23. The molecule has 0 radical (unpaired) electrons. The van der Waals surface area contributed by atoms with Crippen molar-refractivity contribution in [2.24, 2.45) is 0 Å². The molecule has 5 heterocycles. The number of hydroxylamine groups is 1. The third-order valence-corrected chi connectivity index (χ3v) is 7.92. The van der Waals surface area contributed by atoms with Gasteiger partial charge in [-0.25, -0.2) is 15.0 Å². The van der Waals surface area contributed by atoms with Crippen molar-refractivity contribution in [1.29, 1.82) is 0 Å². The van der Waals surface area contributed by atoms with Crippen LogP contribution in [0.4, 0.5) is 28.7 Å². The van der Waals surface area contributed by atoms with Gasteiger partial charge in [-0.2, -0.15) is 0 Å². The summed E-state index contributed by atoms with van der Waals surface area (Å²) in [4.78, 5) is 36.5. The minimum absolute atomic E-state index is 0.00678. The average molecular weight is 573 g/mol. The number of rotatable bonds is 9. The zero-order valence-corrected chi connectivity index (χ0v) is 24.0. The molecular weight excluding hydrogens is 536 g/mol. The van der Waals surface area contributed by atoms with Crippen LogP contribution in [-0.2, 0) is 14.4 Å². The summed E-state index contributed by atoms with van der Waals surface area (Å²) in [5.74, 6) is 1.52. The zero-order chi connectivity index (χ0) is 29.1. The maximum atomic E-state index is 12.4.